The molecule has 0 spiro atoms. The highest BCUT2D eigenvalue weighted by atomic mass is 35.5. The minimum absolute atomic E-state index is 0.0777. The molecule has 10 heteroatoms. The van der Waals surface area contributed by atoms with Gasteiger partial charge < -0.3 is 5.32 Å². The normalized spacial score (nSPS) is 14.9. The van der Waals surface area contributed by atoms with E-state index in [1.165, 1.54) is 18.2 Å². The zero-order valence-electron chi connectivity index (χ0n) is 17.6. The monoisotopic (exact) mass is 490 g/mol. The van der Waals surface area contributed by atoms with Gasteiger partial charge in [0, 0.05) is 25.1 Å². The molecule has 32 heavy (non-hydrogen) atoms. The summed E-state index contributed by atoms with van der Waals surface area (Å²) in [5.74, 6) is -3.37. The zero-order chi connectivity index (χ0) is 23.8. The summed E-state index contributed by atoms with van der Waals surface area (Å²) in [5, 5.41) is 2.24. The second-order valence-electron chi connectivity index (χ2n) is 7.61. The number of amides is 1. The third-order valence-corrected chi connectivity index (χ3v) is 6.78. The van der Waals surface area contributed by atoms with E-state index in [1.54, 1.807) is 12.1 Å². The standard InChI is InChI=1S/C14H18ClF2NO2S.C8H8FNO/c1-14(16,17)12-8-7-11(9-13(12)15)21(19,20)18-10-5-3-2-4-6-10;9-8-3-1-7(2-4-8)5-10-6-11/h7-10,18H,2-6H2,1H3;1-4,6H,5H2,(H,10,11). The number of carbonyl (C=O) groups is 1. The van der Waals surface area contributed by atoms with E-state index < -0.39 is 15.9 Å². The van der Waals surface area contributed by atoms with Gasteiger partial charge >= 0.3 is 0 Å². The van der Waals surface area contributed by atoms with Crippen LogP contribution in [-0.4, -0.2) is 20.9 Å². The van der Waals surface area contributed by atoms with Crippen molar-refractivity contribution in [2.45, 2.75) is 62.4 Å². The molecule has 0 radical (unpaired) electrons. The quantitative estimate of drug-likeness (QED) is 0.528. The maximum Gasteiger partial charge on any atom is 0.271 e. The van der Waals surface area contributed by atoms with Crippen LogP contribution in [0.2, 0.25) is 5.02 Å². The fourth-order valence-electron chi connectivity index (χ4n) is 3.29. The molecule has 2 aromatic carbocycles. The van der Waals surface area contributed by atoms with Crippen LogP contribution in [0.5, 0.6) is 0 Å². The lowest BCUT2D eigenvalue weighted by Gasteiger charge is -2.23. The number of hydrogen-bond acceptors (Lipinski definition) is 3. The van der Waals surface area contributed by atoms with Crippen molar-refractivity contribution in [1.29, 1.82) is 0 Å². The summed E-state index contributed by atoms with van der Waals surface area (Å²) < 4.78 is 66.0. The summed E-state index contributed by atoms with van der Waals surface area (Å²) in [7, 11) is -3.72. The van der Waals surface area contributed by atoms with Crippen LogP contribution in [-0.2, 0) is 27.3 Å². The Morgan fingerprint density at radius 1 is 1.09 bits per heavy atom. The highest BCUT2D eigenvalue weighted by Gasteiger charge is 2.29. The van der Waals surface area contributed by atoms with E-state index in [4.69, 9.17) is 11.6 Å². The Labute approximate surface area is 191 Å². The maximum absolute atomic E-state index is 13.3. The second kappa shape index (κ2) is 11.7. The van der Waals surface area contributed by atoms with Gasteiger partial charge in [-0.2, -0.15) is 0 Å². The smallest absolute Gasteiger partial charge is 0.271 e. The average Bonchev–Trinajstić information content (AvgIpc) is 2.73. The lowest BCUT2D eigenvalue weighted by molar-refractivity contribution is -0.109. The molecule has 2 aromatic rings. The number of nitrogens with one attached hydrogen (secondary N) is 2. The Bertz CT molecular complexity index is 990. The largest absolute Gasteiger partial charge is 0.355 e. The molecule has 1 amide bonds. The molecule has 3 rings (SSSR count). The van der Waals surface area contributed by atoms with Crippen molar-refractivity contribution in [2.75, 3.05) is 0 Å². The van der Waals surface area contributed by atoms with Crippen molar-refractivity contribution in [1.82, 2.24) is 10.0 Å². The van der Waals surface area contributed by atoms with Crippen molar-refractivity contribution < 1.29 is 26.4 Å². The van der Waals surface area contributed by atoms with Gasteiger partial charge in [0.25, 0.3) is 5.92 Å². The van der Waals surface area contributed by atoms with E-state index in [0.717, 1.165) is 56.7 Å². The molecule has 2 N–H and O–H groups in total. The van der Waals surface area contributed by atoms with Crippen LogP contribution in [0.15, 0.2) is 47.4 Å². The molecule has 1 saturated carbocycles. The fourth-order valence-corrected chi connectivity index (χ4v) is 5.03. The van der Waals surface area contributed by atoms with Crippen molar-refractivity contribution in [3.8, 4) is 0 Å². The van der Waals surface area contributed by atoms with Crippen LogP contribution in [0.4, 0.5) is 13.2 Å². The summed E-state index contributed by atoms with van der Waals surface area (Å²) in [6, 6.07) is 9.22. The molecule has 0 saturated heterocycles. The van der Waals surface area contributed by atoms with Crippen molar-refractivity contribution >= 4 is 28.0 Å². The maximum atomic E-state index is 13.3. The average molecular weight is 491 g/mol. The highest BCUT2D eigenvalue weighted by Crippen LogP contribution is 2.34. The van der Waals surface area contributed by atoms with Crippen LogP contribution in [0.3, 0.4) is 0 Å². The van der Waals surface area contributed by atoms with E-state index in [0.29, 0.717) is 13.0 Å². The molecule has 1 fully saturated rings. The molecule has 0 aromatic heterocycles. The number of benzene rings is 2. The summed E-state index contributed by atoms with van der Waals surface area (Å²) in [6.45, 7) is 1.17. The number of alkyl halides is 2. The van der Waals surface area contributed by atoms with Crippen LogP contribution >= 0.6 is 11.6 Å². The minimum atomic E-state index is -3.72. The summed E-state index contributed by atoms with van der Waals surface area (Å²) in [5.41, 5.74) is 0.513. The predicted octanol–water partition coefficient (Wildman–Crippen LogP) is 5.13. The number of rotatable bonds is 7. The van der Waals surface area contributed by atoms with E-state index in [9.17, 15) is 26.4 Å². The molecule has 0 atom stereocenters. The van der Waals surface area contributed by atoms with Crippen LogP contribution in [0, 0.1) is 5.82 Å². The van der Waals surface area contributed by atoms with Crippen molar-refractivity contribution in [2.24, 2.45) is 0 Å². The molecule has 0 unspecified atom stereocenters. The number of hydrogen-bond donors (Lipinski definition) is 2. The molecular formula is C22H26ClF3N2O3S. The Morgan fingerprint density at radius 3 is 2.25 bits per heavy atom. The first-order valence-corrected chi connectivity index (χ1v) is 12.0. The van der Waals surface area contributed by atoms with Gasteiger partial charge in [0.05, 0.1) is 9.92 Å². The van der Waals surface area contributed by atoms with E-state index in [2.05, 4.69) is 10.0 Å². The van der Waals surface area contributed by atoms with Gasteiger partial charge in [-0.1, -0.05) is 49.1 Å². The Morgan fingerprint density at radius 2 is 1.72 bits per heavy atom. The van der Waals surface area contributed by atoms with Gasteiger partial charge in [0.15, 0.2) is 0 Å². The van der Waals surface area contributed by atoms with Gasteiger partial charge in [0.2, 0.25) is 16.4 Å². The third kappa shape index (κ3) is 8.11. The van der Waals surface area contributed by atoms with Crippen molar-refractivity contribution in [3.63, 3.8) is 0 Å². The first-order valence-electron chi connectivity index (χ1n) is 10.1. The Kier molecular flexibility index (Phi) is 9.54. The molecule has 1 aliphatic carbocycles. The van der Waals surface area contributed by atoms with Gasteiger partial charge in [-0.05, 0) is 42.7 Å². The fraction of sp³-hybridized carbons (Fsp3) is 0.409. The SMILES string of the molecule is CC(F)(F)c1ccc(S(=O)(=O)NC2CCCCC2)cc1Cl.O=CNCc1ccc(F)cc1. The highest BCUT2D eigenvalue weighted by molar-refractivity contribution is 7.89. The predicted molar refractivity (Wildman–Crippen MR) is 118 cm³/mol. The summed E-state index contributed by atoms with van der Waals surface area (Å²) >= 11 is 5.79. The van der Waals surface area contributed by atoms with Gasteiger partial charge in [0.1, 0.15) is 5.82 Å². The lowest BCUT2D eigenvalue weighted by Crippen LogP contribution is -2.36. The first kappa shape index (κ1) is 26.2. The molecule has 176 valence electrons. The minimum Gasteiger partial charge on any atom is -0.355 e. The van der Waals surface area contributed by atoms with Gasteiger partial charge in [-0.15, -0.1) is 0 Å². The van der Waals surface area contributed by atoms with Crippen molar-refractivity contribution in [3.05, 3.63) is 64.4 Å². The molecule has 1 aliphatic rings. The van der Waals surface area contributed by atoms with Gasteiger partial charge in [-0.25, -0.2) is 26.3 Å². The molecule has 0 aliphatic heterocycles. The van der Waals surface area contributed by atoms with E-state index >= 15 is 0 Å². The summed E-state index contributed by atoms with van der Waals surface area (Å²) in [4.78, 5) is 9.78. The Hall–Kier alpha value is -2.10. The van der Waals surface area contributed by atoms with E-state index in [1.807, 2.05) is 0 Å². The summed E-state index contributed by atoms with van der Waals surface area (Å²) in [6.07, 6.45) is 5.33. The molecular weight excluding hydrogens is 465 g/mol. The molecule has 0 heterocycles. The molecule has 5 nitrogen and oxygen atoms in total. The second-order valence-corrected chi connectivity index (χ2v) is 9.73. The molecule has 0 bridgehead atoms. The number of sulfonamides is 1. The topological polar surface area (TPSA) is 75.3 Å². The lowest BCUT2D eigenvalue weighted by atomic mass is 9.96. The van der Waals surface area contributed by atoms with Crippen LogP contribution in [0.1, 0.15) is 50.2 Å². The number of halogens is 4. The Balaban J connectivity index is 0.000000278. The van der Waals surface area contributed by atoms with E-state index in [-0.39, 0.29) is 27.3 Å². The number of carbonyl (C=O) groups excluding carboxylic acids is 1. The van der Waals surface area contributed by atoms with Crippen LogP contribution < -0.4 is 10.0 Å². The zero-order valence-corrected chi connectivity index (χ0v) is 19.2. The third-order valence-electron chi connectivity index (χ3n) is 4.95. The van der Waals surface area contributed by atoms with Crippen LogP contribution in [0.25, 0.3) is 0 Å². The first-order chi connectivity index (χ1) is 15.0. The van der Waals surface area contributed by atoms with Gasteiger partial charge in [-0.3, -0.25) is 4.79 Å².